The average molecular weight is 600 g/mol. The molecule has 0 spiro atoms. The van der Waals surface area contributed by atoms with E-state index in [1.54, 1.807) is 24.0 Å². The maximum atomic E-state index is 13.9. The number of hydrogen-bond acceptors (Lipinski definition) is 10. The number of ether oxygens (including phenoxy) is 2. The van der Waals surface area contributed by atoms with Gasteiger partial charge < -0.3 is 14.4 Å². The Bertz CT molecular complexity index is 1520. The maximum Gasteiger partial charge on any atom is 0.338 e. The summed E-state index contributed by atoms with van der Waals surface area (Å²) in [5.41, 5.74) is 0.690. The van der Waals surface area contributed by atoms with Crippen molar-refractivity contribution in [2.45, 2.75) is 29.7 Å². The molecule has 3 amide bonds. The Morgan fingerprint density at radius 3 is 2.48 bits per heavy atom. The third-order valence-electron chi connectivity index (χ3n) is 7.19. The number of anilines is 1. The van der Waals surface area contributed by atoms with Crippen LogP contribution in [0.25, 0.3) is 0 Å². The van der Waals surface area contributed by atoms with Crippen molar-refractivity contribution in [3.63, 3.8) is 0 Å². The molecule has 2 fully saturated rings. The van der Waals surface area contributed by atoms with Crippen LogP contribution in [-0.4, -0.2) is 71.3 Å². The third kappa shape index (κ3) is 4.60. The first-order chi connectivity index (χ1) is 19.4. The SMILES string of the molecule is CCOC(=O)c1ccc(N2C(=O)C3Sc4c(sc(=O)n4CC(=O)N4CCOCC4)[C@@H](c4cccs4)C3C2=O)cc1. The lowest BCUT2D eigenvalue weighted by atomic mass is 9.87. The normalized spacial score (nSPS) is 22.3. The van der Waals surface area contributed by atoms with Crippen molar-refractivity contribution < 1.29 is 28.7 Å². The first-order valence-corrected chi connectivity index (χ1v) is 15.4. The van der Waals surface area contributed by atoms with Gasteiger partial charge in [0.15, 0.2) is 0 Å². The van der Waals surface area contributed by atoms with Crippen molar-refractivity contribution in [1.29, 1.82) is 0 Å². The highest BCUT2D eigenvalue weighted by Gasteiger charge is 2.57. The molecule has 1 aromatic carbocycles. The van der Waals surface area contributed by atoms with Crippen LogP contribution in [0.1, 0.15) is 33.0 Å². The molecule has 208 valence electrons. The molecule has 3 atom stereocenters. The van der Waals surface area contributed by atoms with Crippen LogP contribution in [0.4, 0.5) is 5.69 Å². The van der Waals surface area contributed by atoms with E-state index in [1.165, 1.54) is 44.7 Å². The number of hydrogen-bond donors (Lipinski definition) is 0. The van der Waals surface area contributed by atoms with Crippen molar-refractivity contribution in [2.24, 2.45) is 5.92 Å². The van der Waals surface area contributed by atoms with Crippen LogP contribution in [0.5, 0.6) is 0 Å². The van der Waals surface area contributed by atoms with E-state index >= 15 is 0 Å². The molecule has 13 heteroatoms. The van der Waals surface area contributed by atoms with Crippen molar-refractivity contribution in [3.8, 4) is 0 Å². The fraction of sp³-hybridized carbons (Fsp3) is 0.370. The van der Waals surface area contributed by atoms with E-state index in [2.05, 4.69) is 0 Å². The van der Waals surface area contributed by atoms with E-state index in [0.29, 0.717) is 47.5 Å². The zero-order chi connectivity index (χ0) is 28.0. The molecule has 3 aliphatic heterocycles. The standard InChI is InChI=1S/C27H25N3O7S3/c1-2-37-26(34)15-5-7-16(8-6-15)30-23(32)20-19(17-4-3-13-38-17)22-25(39-21(20)24(30)33)29(27(35)40-22)14-18(31)28-9-11-36-12-10-28/h3-8,13,19-21H,2,9-12,14H2,1H3/t19-,20?,21?/m0/s1. The van der Waals surface area contributed by atoms with Crippen LogP contribution in [0.3, 0.4) is 0 Å². The van der Waals surface area contributed by atoms with Gasteiger partial charge in [-0.1, -0.05) is 29.2 Å². The average Bonchev–Trinajstić information content (AvgIpc) is 3.66. The molecule has 3 aromatic rings. The number of carbonyl (C=O) groups excluding carboxylic acids is 4. The molecule has 6 rings (SSSR count). The highest BCUT2D eigenvalue weighted by atomic mass is 32.2. The van der Waals surface area contributed by atoms with Crippen molar-refractivity contribution in [3.05, 3.63) is 66.8 Å². The first kappa shape index (κ1) is 26.9. The Kier molecular flexibility index (Phi) is 7.38. The van der Waals surface area contributed by atoms with E-state index in [1.807, 2.05) is 17.5 Å². The molecule has 2 unspecified atom stereocenters. The number of thiazole rings is 1. The number of carbonyl (C=O) groups is 4. The Morgan fingerprint density at radius 1 is 1.05 bits per heavy atom. The summed E-state index contributed by atoms with van der Waals surface area (Å²) >= 11 is 3.69. The maximum absolute atomic E-state index is 13.9. The highest BCUT2D eigenvalue weighted by molar-refractivity contribution is 8.00. The van der Waals surface area contributed by atoms with Crippen LogP contribution in [0, 0.1) is 5.92 Å². The van der Waals surface area contributed by atoms with Gasteiger partial charge in [0.2, 0.25) is 17.7 Å². The predicted molar refractivity (Wildman–Crippen MR) is 150 cm³/mol. The predicted octanol–water partition coefficient (Wildman–Crippen LogP) is 2.80. The number of imide groups is 1. The van der Waals surface area contributed by atoms with E-state index < -0.39 is 23.1 Å². The monoisotopic (exact) mass is 599 g/mol. The molecule has 5 heterocycles. The lowest BCUT2D eigenvalue weighted by molar-refractivity contribution is -0.136. The number of aromatic nitrogens is 1. The van der Waals surface area contributed by atoms with E-state index in [9.17, 15) is 24.0 Å². The van der Waals surface area contributed by atoms with Crippen molar-refractivity contribution in [1.82, 2.24) is 9.47 Å². The Morgan fingerprint density at radius 2 is 1.80 bits per heavy atom. The molecule has 2 saturated heterocycles. The van der Waals surface area contributed by atoms with Gasteiger partial charge in [0, 0.05) is 28.8 Å². The molecular weight excluding hydrogens is 575 g/mol. The summed E-state index contributed by atoms with van der Waals surface area (Å²) in [4.78, 5) is 70.2. The first-order valence-electron chi connectivity index (χ1n) is 12.8. The zero-order valence-corrected chi connectivity index (χ0v) is 23.9. The molecule has 0 saturated carbocycles. The second-order valence-corrected chi connectivity index (χ2v) is 12.6. The van der Waals surface area contributed by atoms with Gasteiger partial charge >= 0.3 is 10.8 Å². The lowest BCUT2D eigenvalue weighted by Crippen LogP contribution is -2.43. The topological polar surface area (TPSA) is 115 Å². The molecule has 3 aliphatic rings. The summed E-state index contributed by atoms with van der Waals surface area (Å²) in [5, 5.41) is 1.70. The number of thioether (sulfide) groups is 1. The Balaban J connectivity index is 1.36. The van der Waals surface area contributed by atoms with Gasteiger partial charge in [-0.2, -0.15) is 0 Å². The molecule has 0 N–H and O–H groups in total. The summed E-state index contributed by atoms with van der Waals surface area (Å²) in [6, 6.07) is 9.99. The fourth-order valence-electron chi connectivity index (χ4n) is 5.29. The number of benzene rings is 1. The van der Waals surface area contributed by atoms with Crippen molar-refractivity contribution in [2.75, 3.05) is 37.8 Å². The minimum atomic E-state index is -0.768. The summed E-state index contributed by atoms with van der Waals surface area (Å²) < 4.78 is 11.8. The summed E-state index contributed by atoms with van der Waals surface area (Å²) in [7, 11) is 0. The van der Waals surface area contributed by atoms with Gasteiger partial charge in [0.05, 0.1) is 42.0 Å². The van der Waals surface area contributed by atoms with E-state index in [4.69, 9.17) is 9.47 Å². The second-order valence-electron chi connectivity index (χ2n) is 9.45. The number of esters is 1. The van der Waals surface area contributed by atoms with Gasteiger partial charge in [-0.05, 0) is 42.6 Å². The van der Waals surface area contributed by atoms with Crippen LogP contribution in [0.15, 0.2) is 51.6 Å². The molecular formula is C27H25N3O7S3. The fourth-order valence-corrected chi connectivity index (χ4v) is 9.01. The second kappa shape index (κ2) is 11.0. The van der Waals surface area contributed by atoms with Crippen molar-refractivity contribution >= 4 is 63.8 Å². The molecule has 0 radical (unpaired) electrons. The zero-order valence-electron chi connectivity index (χ0n) is 21.4. The van der Waals surface area contributed by atoms with Gasteiger partial charge in [-0.3, -0.25) is 23.7 Å². The van der Waals surface area contributed by atoms with Gasteiger partial charge in [-0.25, -0.2) is 9.69 Å². The van der Waals surface area contributed by atoms with Gasteiger partial charge in [0.25, 0.3) is 0 Å². The molecule has 10 nitrogen and oxygen atoms in total. The number of amides is 3. The molecule has 0 bridgehead atoms. The largest absolute Gasteiger partial charge is 0.462 e. The van der Waals surface area contributed by atoms with E-state index in [0.717, 1.165) is 16.2 Å². The number of rotatable bonds is 6. The van der Waals surface area contributed by atoms with Crippen LogP contribution in [0.2, 0.25) is 0 Å². The minimum Gasteiger partial charge on any atom is -0.462 e. The molecule has 2 aromatic heterocycles. The van der Waals surface area contributed by atoms with E-state index in [-0.39, 0.29) is 35.7 Å². The Labute approximate surface area is 241 Å². The molecule has 0 aliphatic carbocycles. The minimum absolute atomic E-state index is 0.132. The number of thiophene rings is 1. The third-order valence-corrected chi connectivity index (χ3v) is 10.8. The summed E-state index contributed by atoms with van der Waals surface area (Å²) in [6.45, 7) is 3.66. The number of morpholine rings is 1. The number of nitrogens with zero attached hydrogens (tertiary/aromatic N) is 3. The Hall–Kier alpha value is -3.26. The highest BCUT2D eigenvalue weighted by Crippen LogP contribution is 2.54. The molecule has 40 heavy (non-hydrogen) atoms. The van der Waals surface area contributed by atoms with Crippen LogP contribution >= 0.6 is 34.4 Å². The van der Waals surface area contributed by atoms with Crippen LogP contribution < -0.4 is 9.77 Å². The van der Waals surface area contributed by atoms with Gasteiger partial charge in [-0.15, -0.1) is 11.3 Å². The lowest BCUT2D eigenvalue weighted by Gasteiger charge is -2.30. The number of fused-ring (bicyclic) bond motifs is 2. The quantitative estimate of drug-likeness (QED) is 0.314. The van der Waals surface area contributed by atoms with Gasteiger partial charge in [0.1, 0.15) is 11.8 Å². The smallest absolute Gasteiger partial charge is 0.338 e. The summed E-state index contributed by atoms with van der Waals surface area (Å²) in [6.07, 6.45) is 0. The van der Waals surface area contributed by atoms with Crippen LogP contribution in [-0.2, 0) is 30.4 Å². The summed E-state index contributed by atoms with van der Waals surface area (Å²) in [5.74, 6) is -2.61.